The maximum Gasteiger partial charge on any atom is 0.220 e. The average Bonchev–Trinajstić information content (AvgIpc) is 2.53. The van der Waals surface area contributed by atoms with Gasteiger partial charge in [0.1, 0.15) is 13.2 Å². The summed E-state index contributed by atoms with van der Waals surface area (Å²) in [6, 6.07) is 4.25. The van der Waals surface area contributed by atoms with E-state index in [2.05, 4.69) is 10.6 Å². The van der Waals surface area contributed by atoms with Gasteiger partial charge < -0.3 is 24.8 Å². The second kappa shape index (κ2) is 6.22. The summed E-state index contributed by atoms with van der Waals surface area (Å²) in [4.78, 5) is 11.1. The zero-order valence-corrected chi connectivity index (χ0v) is 12.1. The first kappa shape index (κ1) is 14.0. The number of rotatable bonds is 4. The third-order valence-corrected chi connectivity index (χ3v) is 3.75. The Morgan fingerprint density at radius 2 is 2.24 bits per heavy atom. The molecule has 2 aliphatic heterocycles. The van der Waals surface area contributed by atoms with Crippen LogP contribution in [0.15, 0.2) is 12.1 Å². The molecule has 0 spiro atoms. The van der Waals surface area contributed by atoms with Gasteiger partial charge in [0.25, 0.3) is 0 Å². The number of carbonyl (C=O) groups excluding carboxylic acids is 1. The topological polar surface area (TPSA) is 68.8 Å². The summed E-state index contributed by atoms with van der Waals surface area (Å²) in [5, 5.41) is 6.32. The molecule has 1 fully saturated rings. The number of methoxy groups -OCH3 is 1. The Bertz CT molecular complexity index is 505. The normalized spacial score (nSPS) is 20.8. The van der Waals surface area contributed by atoms with Crippen molar-refractivity contribution >= 4 is 5.91 Å². The molecule has 21 heavy (non-hydrogen) atoms. The number of amides is 1. The van der Waals surface area contributed by atoms with Crippen LogP contribution in [-0.4, -0.2) is 38.8 Å². The van der Waals surface area contributed by atoms with Crippen molar-refractivity contribution in [3.05, 3.63) is 17.7 Å². The molecule has 1 atom stereocenters. The highest BCUT2D eigenvalue weighted by Gasteiger charge is 2.20. The lowest BCUT2D eigenvalue weighted by atomic mass is 10.1. The molecule has 0 bridgehead atoms. The summed E-state index contributed by atoms with van der Waals surface area (Å²) in [5.74, 6) is 2.24. The number of hydrogen-bond acceptors (Lipinski definition) is 5. The Balaban J connectivity index is 1.66. The second-order valence-corrected chi connectivity index (χ2v) is 5.24. The molecule has 1 amide bonds. The third-order valence-electron chi connectivity index (χ3n) is 3.75. The third kappa shape index (κ3) is 3.21. The summed E-state index contributed by atoms with van der Waals surface area (Å²) in [5.41, 5.74) is 1.08. The molecule has 0 aromatic heterocycles. The van der Waals surface area contributed by atoms with Crippen LogP contribution in [0.2, 0.25) is 0 Å². The van der Waals surface area contributed by atoms with E-state index < -0.39 is 0 Å². The molecule has 2 heterocycles. The van der Waals surface area contributed by atoms with Gasteiger partial charge >= 0.3 is 0 Å². The number of hydrogen-bond donors (Lipinski definition) is 2. The fourth-order valence-electron chi connectivity index (χ4n) is 2.60. The van der Waals surface area contributed by atoms with Crippen LogP contribution < -0.4 is 24.8 Å². The predicted octanol–water partition coefficient (Wildman–Crippen LogP) is 0.835. The van der Waals surface area contributed by atoms with E-state index in [1.807, 2.05) is 12.1 Å². The standard InChI is InChI=1S/C15H20N2O4/c1-19-12-6-10(7-13-15(12)21-5-4-20-13)8-16-11-2-3-14(18)17-9-11/h6-7,11,16H,2-5,8-9H2,1H3,(H,17,18). The first-order valence-electron chi connectivity index (χ1n) is 7.23. The zero-order valence-electron chi connectivity index (χ0n) is 12.1. The highest BCUT2D eigenvalue weighted by Crippen LogP contribution is 2.40. The molecule has 1 aromatic carbocycles. The van der Waals surface area contributed by atoms with Gasteiger partial charge in [-0.05, 0) is 24.1 Å². The van der Waals surface area contributed by atoms with E-state index in [9.17, 15) is 4.79 Å². The second-order valence-electron chi connectivity index (χ2n) is 5.24. The minimum Gasteiger partial charge on any atom is -0.493 e. The van der Waals surface area contributed by atoms with Gasteiger partial charge in [0.05, 0.1) is 7.11 Å². The number of ether oxygens (including phenoxy) is 3. The van der Waals surface area contributed by atoms with Crippen LogP contribution in [-0.2, 0) is 11.3 Å². The van der Waals surface area contributed by atoms with Gasteiger partial charge in [-0.15, -0.1) is 0 Å². The molecule has 3 rings (SSSR count). The lowest BCUT2D eigenvalue weighted by Crippen LogP contribution is -2.45. The van der Waals surface area contributed by atoms with Crippen LogP contribution >= 0.6 is 0 Å². The van der Waals surface area contributed by atoms with E-state index in [0.29, 0.717) is 50.3 Å². The number of nitrogens with one attached hydrogen (secondary N) is 2. The van der Waals surface area contributed by atoms with Crippen molar-refractivity contribution in [2.45, 2.75) is 25.4 Å². The van der Waals surface area contributed by atoms with Gasteiger partial charge in [-0.1, -0.05) is 0 Å². The molecular weight excluding hydrogens is 272 g/mol. The van der Waals surface area contributed by atoms with E-state index in [1.54, 1.807) is 7.11 Å². The average molecular weight is 292 g/mol. The van der Waals surface area contributed by atoms with Crippen LogP contribution in [0, 0.1) is 0 Å². The maximum absolute atomic E-state index is 11.1. The molecule has 0 radical (unpaired) electrons. The Morgan fingerprint density at radius 3 is 3.00 bits per heavy atom. The quantitative estimate of drug-likeness (QED) is 0.860. The van der Waals surface area contributed by atoms with Crippen molar-refractivity contribution in [1.82, 2.24) is 10.6 Å². The molecule has 2 aliphatic rings. The zero-order chi connectivity index (χ0) is 14.7. The van der Waals surface area contributed by atoms with Crippen LogP contribution in [0.1, 0.15) is 18.4 Å². The van der Waals surface area contributed by atoms with E-state index in [-0.39, 0.29) is 5.91 Å². The van der Waals surface area contributed by atoms with Gasteiger partial charge in [0.15, 0.2) is 11.5 Å². The first-order valence-corrected chi connectivity index (χ1v) is 7.23. The molecule has 114 valence electrons. The molecule has 1 saturated heterocycles. The van der Waals surface area contributed by atoms with Crippen LogP contribution in [0.5, 0.6) is 17.2 Å². The van der Waals surface area contributed by atoms with Gasteiger partial charge in [0.2, 0.25) is 11.7 Å². The SMILES string of the molecule is COc1cc(CNC2CCC(=O)NC2)cc2c1OCCO2. The summed E-state index contributed by atoms with van der Waals surface area (Å²) < 4.78 is 16.6. The summed E-state index contributed by atoms with van der Waals surface area (Å²) >= 11 is 0. The minimum atomic E-state index is 0.133. The van der Waals surface area contributed by atoms with Crippen molar-refractivity contribution in [2.24, 2.45) is 0 Å². The molecule has 0 saturated carbocycles. The fraction of sp³-hybridized carbons (Fsp3) is 0.533. The highest BCUT2D eigenvalue weighted by atomic mass is 16.6. The van der Waals surface area contributed by atoms with E-state index >= 15 is 0 Å². The lowest BCUT2D eigenvalue weighted by Gasteiger charge is -2.25. The predicted molar refractivity (Wildman–Crippen MR) is 76.9 cm³/mol. The fourth-order valence-corrected chi connectivity index (χ4v) is 2.60. The molecular formula is C15H20N2O4. The van der Waals surface area contributed by atoms with Crippen LogP contribution in [0.3, 0.4) is 0 Å². The Kier molecular flexibility index (Phi) is 4.15. The monoisotopic (exact) mass is 292 g/mol. The summed E-state index contributed by atoms with van der Waals surface area (Å²) in [7, 11) is 1.63. The largest absolute Gasteiger partial charge is 0.493 e. The minimum absolute atomic E-state index is 0.133. The number of piperidine rings is 1. The van der Waals surface area contributed by atoms with Crippen molar-refractivity contribution in [3.63, 3.8) is 0 Å². The van der Waals surface area contributed by atoms with E-state index in [4.69, 9.17) is 14.2 Å². The summed E-state index contributed by atoms with van der Waals surface area (Å²) in [6.07, 6.45) is 1.45. The van der Waals surface area contributed by atoms with Crippen LogP contribution in [0.25, 0.3) is 0 Å². The number of benzene rings is 1. The number of fused-ring (bicyclic) bond motifs is 1. The number of carbonyl (C=O) groups is 1. The van der Waals surface area contributed by atoms with Crippen molar-refractivity contribution in [2.75, 3.05) is 26.9 Å². The maximum atomic E-state index is 11.1. The Morgan fingerprint density at radius 1 is 1.38 bits per heavy atom. The smallest absolute Gasteiger partial charge is 0.220 e. The molecule has 1 unspecified atom stereocenters. The van der Waals surface area contributed by atoms with Gasteiger partial charge in [-0.25, -0.2) is 0 Å². The van der Waals surface area contributed by atoms with Crippen LogP contribution in [0.4, 0.5) is 0 Å². The Labute approximate surface area is 123 Å². The summed E-state index contributed by atoms with van der Waals surface area (Å²) in [6.45, 7) is 2.48. The molecule has 2 N–H and O–H groups in total. The lowest BCUT2D eigenvalue weighted by molar-refractivity contribution is -0.122. The van der Waals surface area contributed by atoms with Gasteiger partial charge in [0, 0.05) is 25.6 Å². The van der Waals surface area contributed by atoms with Gasteiger partial charge in [-0.2, -0.15) is 0 Å². The highest BCUT2D eigenvalue weighted by molar-refractivity contribution is 5.76. The van der Waals surface area contributed by atoms with Gasteiger partial charge in [-0.3, -0.25) is 4.79 Å². The first-order chi connectivity index (χ1) is 10.3. The van der Waals surface area contributed by atoms with Crippen molar-refractivity contribution in [3.8, 4) is 17.2 Å². The molecule has 6 heteroatoms. The van der Waals surface area contributed by atoms with E-state index in [0.717, 1.165) is 17.7 Å². The van der Waals surface area contributed by atoms with Crippen molar-refractivity contribution < 1.29 is 19.0 Å². The molecule has 1 aromatic rings. The van der Waals surface area contributed by atoms with E-state index in [1.165, 1.54) is 0 Å². The van der Waals surface area contributed by atoms with Crippen molar-refractivity contribution in [1.29, 1.82) is 0 Å². The molecule has 0 aliphatic carbocycles. The Hall–Kier alpha value is -1.95. The molecule has 6 nitrogen and oxygen atoms in total.